The van der Waals surface area contributed by atoms with Crippen molar-refractivity contribution in [2.45, 2.75) is 19.9 Å². The van der Waals surface area contributed by atoms with Crippen LogP contribution in [0, 0.1) is 6.92 Å². The molecule has 1 heterocycles. The van der Waals surface area contributed by atoms with E-state index in [1.807, 2.05) is 13.0 Å². The maximum absolute atomic E-state index is 12.0. The molecule has 0 unspecified atom stereocenters. The largest absolute Gasteiger partial charge is 0.507 e. The zero-order valence-corrected chi connectivity index (χ0v) is 14.4. The molecular weight excluding hydrogens is 338 g/mol. The molecule has 0 fully saturated rings. The van der Waals surface area contributed by atoms with E-state index in [9.17, 15) is 14.7 Å². The van der Waals surface area contributed by atoms with Crippen LogP contribution in [0.5, 0.6) is 17.2 Å². The SMILES string of the molecule is Cc1cccc(C(=O)OCC(=O)N[C@H](C)c2ccc3c(c2)OCO3)c1O. The molecule has 1 aliphatic rings. The highest BCUT2D eigenvalue weighted by Crippen LogP contribution is 2.34. The average Bonchev–Trinajstić information content (AvgIpc) is 3.09. The fraction of sp³-hybridized carbons (Fsp3) is 0.263. The van der Waals surface area contributed by atoms with E-state index in [1.54, 1.807) is 31.2 Å². The van der Waals surface area contributed by atoms with E-state index in [-0.39, 0.29) is 24.1 Å². The van der Waals surface area contributed by atoms with E-state index >= 15 is 0 Å². The van der Waals surface area contributed by atoms with Crippen LogP contribution < -0.4 is 14.8 Å². The molecule has 0 aliphatic carbocycles. The van der Waals surface area contributed by atoms with Gasteiger partial charge in [0.2, 0.25) is 6.79 Å². The summed E-state index contributed by atoms with van der Waals surface area (Å²) in [4.78, 5) is 24.1. The number of aryl methyl sites for hydroxylation is 1. The molecule has 0 saturated carbocycles. The number of fused-ring (bicyclic) bond motifs is 1. The Morgan fingerprint density at radius 2 is 2.00 bits per heavy atom. The number of aromatic hydroxyl groups is 1. The van der Waals surface area contributed by atoms with Gasteiger partial charge in [-0.3, -0.25) is 4.79 Å². The zero-order chi connectivity index (χ0) is 18.7. The summed E-state index contributed by atoms with van der Waals surface area (Å²) in [6.45, 7) is 3.22. The molecule has 1 atom stereocenters. The van der Waals surface area contributed by atoms with Crippen molar-refractivity contribution in [1.82, 2.24) is 5.32 Å². The minimum absolute atomic E-state index is 0.0293. The average molecular weight is 357 g/mol. The first kappa shape index (κ1) is 17.6. The van der Waals surface area contributed by atoms with Gasteiger partial charge in [0.1, 0.15) is 11.3 Å². The summed E-state index contributed by atoms with van der Waals surface area (Å²) in [5.41, 5.74) is 1.42. The summed E-state index contributed by atoms with van der Waals surface area (Å²) in [5, 5.41) is 12.6. The van der Waals surface area contributed by atoms with Crippen molar-refractivity contribution in [3.63, 3.8) is 0 Å². The summed E-state index contributed by atoms with van der Waals surface area (Å²) in [6.07, 6.45) is 0. The number of benzene rings is 2. The van der Waals surface area contributed by atoms with Crippen LogP contribution in [0.25, 0.3) is 0 Å². The molecule has 0 saturated heterocycles. The lowest BCUT2D eigenvalue weighted by Crippen LogP contribution is -2.31. The second kappa shape index (κ2) is 7.35. The molecule has 3 rings (SSSR count). The third-order valence-corrected chi connectivity index (χ3v) is 4.07. The number of phenolic OH excluding ortho intramolecular Hbond substituents is 1. The molecule has 0 aromatic heterocycles. The Morgan fingerprint density at radius 1 is 1.23 bits per heavy atom. The summed E-state index contributed by atoms with van der Waals surface area (Å²) >= 11 is 0. The van der Waals surface area contributed by atoms with E-state index < -0.39 is 18.5 Å². The van der Waals surface area contributed by atoms with Gasteiger partial charge < -0.3 is 24.6 Å². The molecule has 1 aliphatic heterocycles. The first-order valence-electron chi connectivity index (χ1n) is 8.10. The van der Waals surface area contributed by atoms with Crippen molar-refractivity contribution >= 4 is 11.9 Å². The van der Waals surface area contributed by atoms with Gasteiger partial charge in [0, 0.05) is 0 Å². The monoisotopic (exact) mass is 357 g/mol. The zero-order valence-electron chi connectivity index (χ0n) is 14.4. The van der Waals surface area contributed by atoms with Crippen molar-refractivity contribution in [2.24, 2.45) is 0 Å². The quantitative estimate of drug-likeness (QED) is 0.799. The molecule has 7 heteroatoms. The van der Waals surface area contributed by atoms with Crippen LogP contribution >= 0.6 is 0 Å². The minimum Gasteiger partial charge on any atom is -0.507 e. The van der Waals surface area contributed by atoms with Crippen LogP contribution in [-0.4, -0.2) is 30.4 Å². The summed E-state index contributed by atoms with van der Waals surface area (Å²) in [5.74, 6) is -0.0523. The van der Waals surface area contributed by atoms with Gasteiger partial charge in [0.05, 0.1) is 6.04 Å². The highest BCUT2D eigenvalue weighted by molar-refractivity contribution is 5.94. The van der Waals surface area contributed by atoms with Crippen LogP contribution in [0.3, 0.4) is 0 Å². The Hall–Kier alpha value is -3.22. The topological polar surface area (TPSA) is 94.1 Å². The van der Waals surface area contributed by atoms with Crippen molar-refractivity contribution in [1.29, 1.82) is 0 Å². The molecule has 0 bridgehead atoms. The number of amides is 1. The molecule has 136 valence electrons. The second-order valence-electron chi connectivity index (χ2n) is 5.95. The van der Waals surface area contributed by atoms with Crippen molar-refractivity contribution in [3.05, 3.63) is 53.1 Å². The lowest BCUT2D eigenvalue weighted by atomic mass is 10.1. The van der Waals surface area contributed by atoms with Crippen LogP contribution in [0.15, 0.2) is 36.4 Å². The van der Waals surface area contributed by atoms with Crippen molar-refractivity contribution in [2.75, 3.05) is 13.4 Å². The number of rotatable bonds is 5. The summed E-state index contributed by atoms with van der Waals surface area (Å²) in [6, 6.07) is 9.85. The van der Waals surface area contributed by atoms with E-state index in [1.165, 1.54) is 6.07 Å². The first-order valence-corrected chi connectivity index (χ1v) is 8.10. The van der Waals surface area contributed by atoms with Crippen LogP contribution in [-0.2, 0) is 9.53 Å². The van der Waals surface area contributed by atoms with Gasteiger partial charge in [-0.15, -0.1) is 0 Å². The molecular formula is C19H19NO6. The summed E-state index contributed by atoms with van der Waals surface area (Å²) < 4.78 is 15.5. The number of nitrogens with one attached hydrogen (secondary N) is 1. The molecule has 1 amide bonds. The smallest absolute Gasteiger partial charge is 0.342 e. The number of hydrogen-bond acceptors (Lipinski definition) is 6. The van der Waals surface area contributed by atoms with Crippen molar-refractivity contribution in [3.8, 4) is 17.2 Å². The van der Waals surface area contributed by atoms with Crippen LogP contribution in [0.4, 0.5) is 0 Å². The van der Waals surface area contributed by atoms with Crippen LogP contribution in [0.1, 0.15) is 34.5 Å². The number of ether oxygens (including phenoxy) is 3. The fourth-order valence-electron chi connectivity index (χ4n) is 2.58. The van der Waals surface area contributed by atoms with Crippen LogP contribution in [0.2, 0.25) is 0 Å². The number of esters is 1. The maximum atomic E-state index is 12.0. The Kier molecular flexibility index (Phi) is 4.97. The Balaban J connectivity index is 1.55. The Morgan fingerprint density at radius 3 is 2.81 bits per heavy atom. The van der Waals surface area contributed by atoms with Gasteiger partial charge in [0.15, 0.2) is 18.1 Å². The number of hydrogen-bond donors (Lipinski definition) is 2. The molecule has 0 spiro atoms. The lowest BCUT2D eigenvalue weighted by Gasteiger charge is -2.15. The number of para-hydroxylation sites is 1. The standard InChI is InChI=1S/C19H19NO6/c1-11-4-3-5-14(18(11)22)19(23)24-9-17(21)20-12(2)13-6-7-15-16(8-13)26-10-25-15/h3-8,12,22H,9-10H2,1-2H3,(H,20,21)/t12-/m1/s1. The minimum atomic E-state index is -0.753. The van der Waals surface area contributed by atoms with Gasteiger partial charge in [-0.2, -0.15) is 0 Å². The number of carbonyl (C=O) groups excluding carboxylic acids is 2. The highest BCUT2D eigenvalue weighted by atomic mass is 16.7. The normalized spacial score (nSPS) is 13.2. The highest BCUT2D eigenvalue weighted by Gasteiger charge is 2.19. The molecule has 26 heavy (non-hydrogen) atoms. The molecule has 7 nitrogen and oxygen atoms in total. The maximum Gasteiger partial charge on any atom is 0.342 e. The molecule has 2 aromatic carbocycles. The fourth-order valence-corrected chi connectivity index (χ4v) is 2.58. The van der Waals surface area contributed by atoms with E-state index in [0.29, 0.717) is 17.1 Å². The third kappa shape index (κ3) is 3.72. The Bertz CT molecular complexity index is 848. The van der Waals surface area contributed by atoms with Gasteiger partial charge >= 0.3 is 5.97 Å². The van der Waals surface area contributed by atoms with Gasteiger partial charge in [-0.1, -0.05) is 18.2 Å². The van der Waals surface area contributed by atoms with Gasteiger partial charge in [-0.05, 0) is 43.2 Å². The number of phenols is 1. The van der Waals surface area contributed by atoms with E-state index in [2.05, 4.69) is 5.32 Å². The van der Waals surface area contributed by atoms with Crippen molar-refractivity contribution < 1.29 is 28.9 Å². The molecule has 0 radical (unpaired) electrons. The second-order valence-corrected chi connectivity index (χ2v) is 5.95. The lowest BCUT2D eigenvalue weighted by molar-refractivity contribution is -0.124. The third-order valence-electron chi connectivity index (χ3n) is 4.07. The molecule has 2 N–H and O–H groups in total. The van der Waals surface area contributed by atoms with E-state index in [0.717, 1.165) is 5.56 Å². The number of carbonyl (C=O) groups is 2. The van der Waals surface area contributed by atoms with Gasteiger partial charge in [0.25, 0.3) is 5.91 Å². The summed E-state index contributed by atoms with van der Waals surface area (Å²) in [7, 11) is 0. The predicted molar refractivity (Wildman–Crippen MR) is 92.2 cm³/mol. The Labute approximate surface area is 150 Å². The predicted octanol–water partition coefficient (Wildman–Crippen LogP) is 2.46. The molecule has 2 aromatic rings. The first-order chi connectivity index (χ1) is 12.5. The van der Waals surface area contributed by atoms with Gasteiger partial charge in [-0.25, -0.2) is 4.79 Å². The van der Waals surface area contributed by atoms with E-state index in [4.69, 9.17) is 14.2 Å².